The molecule has 0 spiro atoms. The average molecular weight is 508 g/mol. The molecule has 37 heavy (non-hydrogen) atoms. The second-order valence-electron chi connectivity index (χ2n) is 7.64. The van der Waals surface area contributed by atoms with Crippen molar-refractivity contribution < 1.29 is 23.5 Å². The van der Waals surface area contributed by atoms with Gasteiger partial charge in [0.25, 0.3) is 18.2 Å². The van der Waals surface area contributed by atoms with Crippen molar-refractivity contribution in [2.75, 3.05) is 12.4 Å². The molecule has 0 bridgehead atoms. The quantitative estimate of drug-likeness (QED) is 0.335. The van der Waals surface area contributed by atoms with Crippen LogP contribution in [0.2, 0.25) is 0 Å². The second-order valence-corrected chi connectivity index (χ2v) is 7.64. The van der Waals surface area contributed by atoms with E-state index >= 15 is 0 Å². The first-order valence-corrected chi connectivity index (χ1v) is 10.6. The second kappa shape index (κ2) is 10.2. The number of carbonyl (C=O) groups excluding carboxylic acids is 2. The number of aromatic hydroxyl groups is 1. The Morgan fingerprint density at radius 3 is 2.70 bits per heavy atom. The Labute approximate surface area is 207 Å². The van der Waals surface area contributed by atoms with E-state index in [4.69, 9.17) is 0 Å². The lowest BCUT2D eigenvalue weighted by Gasteiger charge is -2.14. The summed E-state index contributed by atoms with van der Waals surface area (Å²) >= 11 is 0. The van der Waals surface area contributed by atoms with Gasteiger partial charge in [-0.3, -0.25) is 9.59 Å². The van der Waals surface area contributed by atoms with Gasteiger partial charge < -0.3 is 15.7 Å². The number of carbonyl (C=O) groups is 2. The SMILES string of the molecule is CNC(=O)c1cc(C#N)cc(C)c1NC(=O)c1cc(Cn2nnnc2C(F)F)nn1-c1ncccc1O. The molecule has 4 rings (SSSR count). The zero-order chi connectivity index (χ0) is 26.7. The molecule has 0 aliphatic carbocycles. The number of nitrogens with zero attached hydrogens (tertiary/aromatic N) is 8. The van der Waals surface area contributed by atoms with E-state index in [0.29, 0.717) is 5.56 Å². The first-order valence-electron chi connectivity index (χ1n) is 10.6. The van der Waals surface area contributed by atoms with Crippen LogP contribution < -0.4 is 10.6 Å². The number of benzene rings is 1. The largest absolute Gasteiger partial charge is 0.504 e. The van der Waals surface area contributed by atoms with E-state index in [1.807, 2.05) is 6.07 Å². The molecule has 4 aromatic rings. The van der Waals surface area contributed by atoms with Crippen LogP contribution in [0.25, 0.3) is 5.82 Å². The normalized spacial score (nSPS) is 10.8. The van der Waals surface area contributed by atoms with Crippen molar-refractivity contribution in [3.05, 3.63) is 70.4 Å². The van der Waals surface area contributed by atoms with E-state index in [1.165, 1.54) is 43.6 Å². The number of hydrogen-bond acceptors (Lipinski definition) is 9. The molecule has 2 amide bonds. The number of nitriles is 1. The number of aromatic nitrogens is 7. The molecule has 3 heterocycles. The summed E-state index contributed by atoms with van der Waals surface area (Å²) < 4.78 is 28.3. The lowest BCUT2D eigenvalue weighted by molar-refractivity contribution is 0.0963. The number of rotatable bonds is 7. The molecule has 188 valence electrons. The van der Waals surface area contributed by atoms with Gasteiger partial charge in [-0.15, -0.1) is 5.10 Å². The molecular weight excluding hydrogens is 490 g/mol. The van der Waals surface area contributed by atoms with Gasteiger partial charge in [0.05, 0.1) is 35.1 Å². The monoisotopic (exact) mass is 508 g/mol. The van der Waals surface area contributed by atoms with Crippen LogP contribution in [0.3, 0.4) is 0 Å². The molecule has 0 atom stereocenters. The summed E-state index contributed by atoms with van der Waals surface area (Å²) in [5.74, 6) is -2.39. The highest BCUT2D eigenvalue weighted by atomic mass is 19.3. The highest BCUT2D eigenvalue weighted by Gasteiger charge is 2.24. The summed E-state index contributed by atoms with van der Waals surface area (Å²) in [6.45, 7) is 1.30. The Morgan fingerprint density at radius 2 is 2.03 bits per heavy atom. The summed E-state index contributed by atoms with van der Waals surface area (Å²) in [5.41, 5.74) is 0.817. The van der Waals surface area contributed by atoms with Gasteiger partial charge in [0.2, 0.25) is 5.82 Å². The standard InChI is InChI=1S/C22H18F2N10O3/c1-11-6-12(9-25)7-14(21(36)26-2)17(11)28-22(37)15-8-13(10-33-20(18(23)24)29-31-32-33)30-34(15)19-16(35)4-3-5-27-19/h3-8,18,35H,10H2,1-2H3,(H,26,36)(H,28,37). The van der Waals surface area contributed by atoms with Crippen LogP contribution in [0.5, 0.6) is 5.75 Å². The number of tetrazole rings is 1. The van der Waals surface area contributed by atoms with Crippen LogP contribution in [-0.2, 0) is 6.54 Å². The Hall–Kier alpha value is -5.26. The summed E-state index contributed by atoms with van der Waals surface area (Å²) in [6, 6.07) is 8.88. The summed E-state index contributed by atoms with van der Waals surface area (Å²) in [6.07, 6.45) is -1.58. The molecule has 0 unspecified atom stereocenters. The lowest BCUT2D eigenvalue weighted by Crippen LogP contribution is -2.23. The molecule has 0 aliphatic rings. The minimum atomic E-state index is -2.94. The maximum Gasteiger partial charge on any atom is 0.298 e. The Balaban J connectivity index is 1.79. The summed E-state index contributed by atoms with van der Waals surface area (Å²) in [4.78, 5) is 30.0. The highest BCUT2D eigenvalue weighted by molar-refractivity contribution is 6.09. The molecule has 0 aliphatic heterocycles. The maximum absolute atomic E-state index is 13.4. The molecule has 13 nitrogen and oxygen atoms in total. The van der Waals surface area contributed by atoms with Crippen molar-refractivity contribution in [2.24, 2.45) is 0 Å². The number of aryl methyl sites for hydroxylation is 1. The van der Waals surface area contributed by atoms with Crippen molar-refractivity contribution in [3.8, 4) is 17.6 Å². The van der Waals surface area contributed by atoms with E-state index in [9.17, 15) is 28.7 Å². The first kappa shape index (κ1) is 24.9. The third-order valence-corrected chi connectivity index (χ3v) is 5.20. The molecule has 1 aromatic carbocycles. The topological polar surface area (TPSA) is 177 Å². The highest BCUT2D eigenvalue weighted by Crippen LogP contribution is 2.26. The van der Waals surface area contributed by atoms with Gasteiger partial charge in [-0.1, -0.05) is 0 Å². The minimum absolute atomic E-state index is 0.0506. The molecule has 3 aromatic heterocycles. The molecular formula is C22H18F2N10O3. The fraction of sp³-hybridized carbons (Fsp3) is 0.182. The number of anilines is 1. The van der Waals surface area contributed by atoms with Gasteiger partial charge in [-0.2, -0.15) is 10.4 Å². The Bertz CT molecular complexity index is 1540. The maximum atomic E-state index is 13.4. The third kappa shape index (κ3) is 4.93. The summed E-state index contributed by atoms with van der Waals surface area (Å²) in [5, 5.41) is 39.0. The zero-order valence-corrected chi connectivity index (χ0v) is 19.3. The van der Waals surface area contributed by atoms with Crippen molar-refractivity contribution in [2.45, 2.75) is 19.9 Å². The first-order chi connectivity index (χ1) is 17.7. The number of nitrogens with one attached hydrogen (secondary N) is 2. The van der Waals surface area contributed by atoms with Gasteiger partial charge in [0, 0.05) is 13.2 Å². The molecule has 0 radical (unpaired) electrons. The molecule has 15 heteroatoms. The third-order valence-electron chi connectivity index (χ3n) is 5.20. The van der Waals surface area contributed by atoms with Crippen LogP contribution >= 0.6 is 0 Å². The van der Waals surface area contributed by atoms with E-state index in [2.05, 4.69) is 36.2 Å². The molecule has 3 N–H and O–H groups in total. The number of alkyl halides is 2. The predicted molar refractivity (Wildman–Crippen MR) is 122 cm³/mol. The molecule has 0 saturated carbocycles. The van der Waals surface area contributed by atoms with E-state index in [-0.39, 0.29) is 46.3 Å². The van der Waals surface area contributed by atoms with Crippen LogP contribution in [-0.4, -0.2) is 58.9 Å². The van der Waals surface area contributed by atoms with Crippen molar-refractivity contribution >= 4 is 17.5 Å². The zero-order valence-electron chi connectivity index (χ0n) is 19.3. The molecule has 0 saturated heterocycles. The molecule has 0 fully saturated rings. The number of halogens is 2. The van der Waals surface area contributed by atoms with Crippen molar-refractivity contribution in [1.29, 1.82) is 5.26 Å². The fourth-order valence-corrected chi connectivity index (χ4v) is 3.53. The van der Waals surface area contributed by atoms with Crippen LogP contribution in [0, 0.1) is 18.3 Å². The number of amides is 2. The van der Waals surface area contributed by atoms with Gasteiger partial charge in [-0.05, 0) is 53.2 Å². The van der Waals surface area contributed by atoms with Crippen LogP contribution in [0.15, 0.2) is 36.5 Å². The fourth-order valence-electron chi connectivity index (χ4n) is 3.53. The van der Waals surface area contributed by atoms with Crippen LogP contribution in [0.4, 0.5) is 14.5 Å². The van der Waals surface area contributed by atoms with Gasteiger partial charge in [-0.25, -0.2) is 23.1 Å². The van der Waals surface area contributed by atoms with Crippen LogP contribution in [0.1, 0.15) is 49.9 Å². The number of pyridine rings is 1. The van der Waals surface area contributed by atoms with E-state index in [1.54, 1.807) is 6.92 Å². The average Bonchev–Trinajstić information content (AvgIpc) is 3.52. The van der Waals surface area contributed by atoms with Gasteiger partial charge in [0.15, 0.2) is 11.6 Å². The Morgan fingerprint density at radius 1 is 1.24 bits per heavy atom. The number of hydrogen-bond donors (Lipinski definition) is 3. The minimum Gasteiger partial charge on any atom is -0.504 e. The smallest absolute Gasteiger partial charge is 0.298 e. The summed E-state index contributed by atoms with van der Waals surface area (Å²) in [7, 11) is 1.40. The lowest BCUT2D eigenvalue weighted by atomic mass is 10.0. The van der Waals surface area contributed by atoms with Crippen molar-refractivity contribution in [1.82, 2.24) is 40.3 Å². The Kier molecular flexibility index (Phi) is 6.82. The predicted octanol–water partition coefficient (Wildman–Crippen LogP) is 1.74. The van der Waals surface area contributed by atoms with Gasteiger partial charge >= 0.3 is 0 Å². The van der Waals surface area contributed by atoms with E-state index in [0.717, 1.165) is 9.36 Å². The van der Waals surface area contributed by atoms with E-state index < -0.39 is 24.1 Å². The van der Waals surface area contributed by atoms with Crippen molar-refractivity contribution in [3.63, 3.8) is 0 Å². The van der Waals surface area contributed by atoms with Gasteiger partial charge in [0.1, 0.15) is 5.69 Å².